The van der Waals surface area contributed by atoms with E-state index in [-0.39, 0.29) is 11.3 Å². The summed E-state index contributed by atoms with van der Waals surface area (Å²) in [6.45, 7) is 1.35. The fourth-order valence-corrected chi connectivity index (χ4v) is 2.36. The number of rotatable bonds is 2. The van der Waals surface area contributed by atoms with E-state index < -0.39 is 5.63 Å². The second-order valence-corrected chi connectivity index (χ2v) is 5.09. The van der Waals surface area contributed by atoms with Crippen molar-refractivity contribution in [2.75, 3.05) is 19.0 Å². The number of ketones is 1. The monoisotopic (exact) mass is 282 g/mol. The van der Waals surface area contributed by atoms with Gasteiger partial charge >= 0.3 is 5.63 Å². The van der Waals surface area contributed by atoms with Crippen molar-refractivity contribution in [2.45, 2.75) is 6.92 Å². The van der Waals surface area contributed by atoms with Crippen LogP contribution in [0.5, 0.6) is 0 Å². The lowest BCUT2D eigenvalue weighted by atomic mass is 10.1. The molecule has 0 spiro atoms. The molecule has 0 saturated heterocycles. The van der Waals surface area contributed by atoms with Crippen LogP contribution in [0.4, 0.5) is 5.82 Å². The number of carbonyl (C=O) groups is 1. The molecule has 2 heterocycles. The molecule has 0 aliphatic rings. The summed E-state index contributed by atoms with van der Waals surface area (Å²) >= 11 is 0. The number of nitrogens with zero attached hydrogens (tertiary/aromatic N) is 2. The van der Waals surface area contributed by atoms with Crippen molar-refractivity contribution in [3.8, 4) is 0 Å². The van der Waals surface area contributed by atoms with Crippen LogP contribution >= 0.6 is 0 Å². The molecule has 5 nitrogen and oxygen atoms in total. The molecule has 1 aromatic carbocycles. The molecule has 0 unspecified atom stereocenters. The predicted molar refractivity (Wildman–Crippen MR) is 82.1 cm³/mol. The molecule has 3 aromatic rings. The zero-order valence-corrected chi connectivity index (χ0v) is 12.0. The SMILES string of the molecule is CC(=O)c1cc2c(N(C)C)nc3ccccc3c2oc1=O. The van der Waals surface area contributed by atoms with Gasteiger partial charge in [-0.05, 0) is 25.1 Å². The molecule has 0 N–H and O–H groups in total. The average molecular weight is 282 g/mol. The maximum atomic E-state index is 12.0. The van der Waals surface area contributed by atoms with Gasteiger partial charge in [-0.15, -0.1) is 0 Å². The summed E-state index contributed by atoms with van der Waals surface area (Å²) in [6.07, 6.45) is 0. The summed E-state index contributed by atoms with van der Waals surface area (Å²) in [5.74, 6) is 0.346. The second-order valence-electron chi connectivity index (χ2n) is 5.09. The van der Waals surface area contributed by atoms with Gasteiger partial charge < -0.3 is 9.32 Å². The van der Waals surface area contributed by atoms with Gasteiger partial charge in [0, 0.05) is 19.5 Å². The Balaban J connectivity index is 2.56. The van der Waals surface area contributed by atoms with Crippen molar-refractivity contribution in [2.24, 2.45) is 0 Å². The Morgan fingerprint density at radius 1 is 1.19 bits per heavy atom. The van der Waals surface area contributed by atoms with Gasteiger partial charge in [-0.25, -0.2) is 9.78 Å². The fourth-order valence-electron chi connectivity index (χ4n) is 2.36. The van der Waals surface area contributed by atoms with Crippen LogP contribution in [0.25, 0.3) is 21.9 Å². The van der Waals surface area contributed by atoms with E-state index in [1.54, 1.807) is 6.07 Å². The maximum absolute atomic E-state index is 12.0. The first kappa shape index (κ1) is 13.3. The predicted octanol–water partition coefficient (Wildman–Crippen LogP) is 2.61. The van der Waals surface area contributed by atoms with E-state index in [0.717, 1.165) is 10.9 Å². The van der Waals surface area contributed by atoms with Crippen molar-refractivity contribution in [1.29, 1.82) is 0 Å². The first-order valence-electron chi connectivity index (χ1n) is 6.54. The van der Waals surface area contributed by atoms with Crippen LogP contribution in [-0.4, -0.2) is 24.9 Å². The lowest BCUT2D eigenvalue weighted by Gasteiger charge is -2.15. The summed E-state index contributed by atoms with van der Waals surface area (Å²) in [7, 11) is 3.71. The third-order valence-corrected chi connectivity index (χ3v) is 3.37. The van der Waals surface area contributed by atoms with Crippen molar-refractivity contribution in [1.82, 2.24) is 4.98 Å². The largest absolute Gasteiger partial charge is 0.421 e. The highest BCUT2D eigenvalue weighted by Crippen LogP contribution is 2.30. The van der Waals surface area contributed by atoms with Gasteiger partial charge in [0.2, 0.25) is 0 Å². The minimum absolute atomic E-state index is 0.0441. The third kappa shape index (κ3) is 2.07. The number of para-hydroxylation sites is 1. The number of hydrogen-bond donors (Lipinski definition) is 0. The highest BCUT2D eigenvalue weighted by molar-refractivity contribution is 6.08. The Kier molecular flexibility index (Phi) is 2.97. The highest BCUT2D eigenvalue weighted by Gasteiger charge is 2.16. The average Bonchev–Trinajstić information content (AvgIpc) is 2.45. The molecule has 0 atom stereocenters. The Morgan fingerprint density at radius 3 is 2.57 bits per heavy atom. The van der Waals surface area contributed by atoms with Gasteiger partial charge in [0.25, 0.3) is 0 Å². The summed E-state index contributed by atoms with van der Waals surface area (Å²) in [5, 5.41) is 1.41. The molecular weight excluding hydrogens is 268 g/mol. The molecule has 0 aliphatic heterocycles. The Bertz CT molecular complexity index is 926. The van der Waals surface area contributed by atoms with Crippen LogP contribution in [-0.2, 0) is 0 Å². The number of Topliss-reactive ketones (excluding diaryl/α,β-unsaturated/α-hetero) is 1. The zero-order chi connectivity index (χ0) is 15.1. The van der Waals surface area contributed by atoms with Crippen LogP contribution in [0, 0.1) is 0 Å². The Hall–Kier alpha value is -2.69. The lowest BCUT2D eigenvalue weighted by molar-refractivity contribution is 0.101. The first-order valence-corrected chi connectivity index (χ1v) is 6.54. The fraction of sp³-hybridized carbons (Fsp3) is 0.188. The van der Waals surface area contributed by atoms with Gasteiger partial charge in [-0.2, -0.15) is 0 Å². The third-order valence-electron chi connectivity index (χ3n) is 3.37. The van der Waals surface area contributed by atoms with Crippen molar-refractivity contribution in [3.63, 3.8) is 0 Å². The molecule has 0 fully saturated rings. The van der Waals surface area contributed by atoms with Gasteiger partial charge in [0.1, 0.15) is 11.4 Å². The molecule has 5 heteroatoms. The highest BCUT2D eigenvalue weighted by atomic mass is 16.4. The minimum atomic E-state index is -0.615. The maximum Gasteiger partial charge on any atom is 0.347 e. The van der Waals surface area contributed by atoms with Crippen LogP contribution in [0.2, 0.25) is 0 Å². The number of pyridine rings is 1. The van der Waals surface area contributed by atoms with Gasteiger partial charge in [-0.1, -0.05) is 12.1 Å². The van der Waals surface area contributed by atoms with Crippen LogP contribution in [0.3, 0.4) is 0 Å². The van der Waals surface area contributed by atoms with Crippen LogP contribution in [0.1, 0.15) is 17.3 Å². The van der Waals surface area contributed by atoms with Crippen LogP contribution in [0.15, 0.2) is 39.5 Å². The number of fused-ring (bicyclic) bond motifs is 3. The molecule has 106 valence electrons. The number of carbonyl (C=O) groups excluding carboxylic acids is 1. The van der Waals surface area contributed by atoms with E-state index in [1.807, 2.05) is 43.3 Å². The van der Waals surface area contributed by atoms with E-state index in [0.29, 0.717) is 16.8 Å². The molecule has 2 aromatic heterocycles. The van der Waals surface area contributed by atoms with Gasteiger partial charge in [-0.3, -0.25) is 4.79 Å². The summed E-state index contributed by atoms with van der Waals surface area (Å²) in [4.78, 5) is 30.0. The van der Waals surface area contributed by atoms with E-state index in [2.05, 4.69) is 4.98 Å². The number of aromatic nitrogens is 1. The van der Waals surface area contributed by atoms with Crippen molar-refractivity contribution >= 4 is 33.5 Å². The van der Waals surface area contributed by atoms with Gasteiger partial charge in [0.15, 0.2) is 11.4 Å². The molecule has 0 aliphatic carbocycles. The molecule has 0 saturated carbocycles. The summed E-state index contributed by atoms with van der Waals surface area (Å²) in [6, 6.07) is 9.01. The smallest absolute Gasteiger partial charge is 0.347 e. The van der Waals surface area contributed by atoms with E-state index in [9.17, 15) is 9.59 Å². The molecule has 0 radical (unpaired) electrons. The normalized spacial score (nSPS) is 11.0. The van der Waals surface area contributed by atoms with Gasteiger partial charge in [0.05, 0.1) is 10.9 Å². The minimum Gasteiger partial charge on any atom is -0.421 e. The molecule has 0 amide bonds. The number of hydrogen-bond acceptors (Lipinski definition) is 5. The molecule has 3 rings (SSSR count). The molecule has 21 heavy (non-hydrogen) atoms. The zero-order valence-electron chi connectivity index (χ0n) is 12.0. The van der Waals surface area contributed by atoms with Crippen molar-refractivity contribution in [3.05, 3.63) is 46.3 Å². The molecular formula is C16H14N2O3. The molecule has 0 bridgehead atoms. The second kappa shape index (κ2) is 4.70. The topological polar surface area (TPSA) is 63.4 Å². The van der Waals surface area contributed by atoms with Crippen molar-refractivity contribution < 1.29 is 9.21 Å². The quantitative estimate of drug-likeness (QED) is 0.534. The number of benzene rings is 1. The summed E-state index contributed by atoms with van der Waals surface area (Å²) in [5.41, 5.74) is 0.630. The van der Waals surface area contributed by atoms with E-state index >= 15 is 0 Å². The standard InChI is InChI=1S/C16H14N2O3/c1-9(19)11-8-12-14(21-16(11)20)10-6-4-5-7-13(10)17-15(12)18(2)3/h4-8H,1-3H3. The lowest BCUT2D eigenvalue weighted by Crippen LogP contribution is -2.15. The first-order chi connectivity index (χ1) is 9.99. The number of anilines is 1. The summed E-state index contributed by atoms with van der Waals surface area (Å²) < 4.78 is 5.42. The Morgan fingerprint density at radius 2 is 1.90 bits per heavy atom. The Labute approximate surface area is 120 Å². The van der Waals surface area contributed by atoms with Crippen LogP contribution < -0.4 is 10.5 Å². The van der Waals surface area contributed by atoms with E-state index in [1.165, 1.54) is 6.92 Å². The van der Waals surface area contributed by atoms with E-state index in [4.69, 9.17) is 4.42 Å².